The molecule has 0 saturated heterocycles. The summed E-state index contributed by atoms with van der Waals surface area (Å²) in [5.41, 5.74) is 0.531. The standard InChI is InChI=1S/C20H24BrN3O4/c1-6-7-8-16(26)22-15-10-13(21)9-14-18(12(2)25)23-24(19(14)15)11-17(27)28-20(3,4)5/h6,9-10H,1,7-8,11H2,2-5H3,(H,22,26). The molecule has 0 unspecified atom stereocenters. The van der Waals surface area contributed by atoms with Crippen molar-refractivity contribution in [1.82, 2.24) is 9.78 Å². The molecule has 1 N–H and O–H groups in total. The molecule has 0 saturated carbocycles. The Bertz CT molecular complexity index is 941. The number of halogens is 1. The van der Waals surface area contributed by atoms with Gasteiger partial charge in [-0.25, -0.2) is 0 Å². The summed E-state index contributed by atoms with van der Waals surface area (Å²) in [6.45, 7) is 10.2. The van der Waals surface area contributed by atoms with Crippen LogP contribution in [0.3, 0.4) is 0 Å². The summed E-state index contributed by atoms with van der Waals surface area (Å²) in [4.78, 5) is 36.6. The molecule has 1 aromatic carbocycles. The van der Waals surface area contributed by atoms with Gasteiger partial charge in [0.25, 0.3) is 0 Å². The topological polar surface area (TPSA) is 90.3 Å². The summed E-state index contributed by atoms with van der Waals surface area (Å²) < 4.78 is 7.44. The molecule has 1 aromatic heterocycles. The van der Waals surface area contributed by atoms with Gasteiger partial charge in [-0.15, -0.1) is 6.58 Å². The van der Waals surface area contributed by atoms with E-state index in [0.717, 1.165) is 0 Å². The number of aromatic nitrogens is 2. The predicted molar refractivity (Wildman–Crippen MR) is 111 cm³/mol. The predicted octanol–water partition coefficient (Wildman–Crippen LogP) is 4.25. The van der Waals surface area contributed by atoms with E-state index in [2.05, 4.69) is 32.9 Å². The van der Waals surface area contributed by atoms with Gasteiger partial charge in [0, 0.05) is 23.2 Å². The Balaban J connectivity index is 2.53. The zero-order chi connectivity index (χ0) is 21.1. The molecule has 2 aromatic rings. The van der Waals surface area contributed by atoms with E-state index in [1.807, 2.05) is 0 Å². The number of anilines is 1. The number of allylic oxidation sites excluding steroid dienone is 1. The molecular weight excluding hydrogens is 426 g/mol. The van der Waals surface area contributed by atoms with Gasteiger partial charge in [0.1, 0.15) is 17.8 Å². The second-order valence-electron chi connectivity index (χ2n) is 7.37. The fourth-order valence-electron chi connectivity index (χ4n) is 2.69. The summed E-state index contributed by atoms with van der Waals surface area (Å²) >= 11 is 3.40. The highest BCUT2D eigenvalue weighted by Gasteiger charge is 2.23. The van der Waals surface area contributed by atoms with Crippen LogP contribution in [-0.4, -0.2) is 33.0 Å². The number of ether oxygens (including phenoxy) is 1. The van der Waals surface area contributed by atoms with E-state index in [1.165, 1.54) is 11.6 Å². The van der Waals surface area contributed by atoms with Crippen molar-refractivity contribution in [3.8, 4) is 0 Å². The van der Waals surface area contributed by atoms with Crippen molar-refractivity contribution in [2.45, 2.75) is 52.7 Å². The maximum atomic E-state index is 12.3. The van der Waals surface area contributed by atoms with Crippen LogP contribution in [0.2, 0.25) is 0 Å². The number of Topliss-reactive ketones (excluding diaryl/α,β-unsaturated/α-hetero) is 1. The van der Waals surface area contributed by atoms with Crippen LogP contribution in [0.5, 0.6) is 0 Å². The molecule has 28 heavy (non-hydrogen) atoms. The van der Waals surface area contributed by atoms with Crippen molar-refractivity contribution in [2.24, 2.45) is 0 Å². The second-order valence-corrected chi connectivity index (χ2v) is 8.29. The molecule has 0 radical (unpaired) electrons. The van der Waals surface area contributed by atoms with Gasteiger partial charge in [-0.3, -0.25) is 19.1 Å². The minimum atomic E-state index is -0.645. The van der Waals surface area contributed by atoms with Crippen LogP contribution < -0.4 is 5.32 Å². The molecule has 1 heterocycles. The summed E-state index contributed by atoms with van der Waals surface area (Å²) in [7, 11) is 0. The van der Waals surface area contributed by atoms with Gasteiger partial charge in [-0.05, 0) is 39.3 Å². The molecule has 0 aliphatic carbocycles. The van der Waals surface area contributed by atoms with Gasteiger partial charge in [-0.1, -0.05) is 22.0 Å². The number of fused-ring (bicyclic) bond motifs is 1. The van der Waals surface area contributed by atoms with Crippen LogP contribution in [0.1, 0.15) is 51.0 Å². The van der Waals surface area contributed by atoms with Crippen molar-refractivity contribution >= 4 is 50.2 Å². The summed E-state index contributed by atoms with van der Waals surface area (Å²) in [5, 5.41) is 7.69. The molecule has 8 heteroatoms. The summed E-state index contributed by atoms with van der Waals surface area (Å²) in [5.74, 6) is -0.928. The Hall–Kier alpha value is -2.48. The number of carbonyl (C=O) groups is 3. The Morgan fingerprint density at radius 3 is 2.57 bits per heavy atom. The van der Waals surface area contributed by atoms with Crippen LogP contribution in [0.25, 0.3) is 10.9 Å². The first-order valence-electron chi connectivity index (χ1n) is 8.85. The number of hydrogen-bond acceptors (Lipinski definition) is 5. The van der Waals surface area contributed by atoms with Crippen LogP contribution in [0.4, 0.5) is 5.69 Å². The Kier molecular flexibility index (Phi) is 6.77. The highest BCUT2D eigenvalue weighted by Crippen LogP contribution is 2.31. The van der Waals surface area contributed by atoms with E-state index in [4.69, 9.17) is 4.74 Å². The lowest BCUT2D eigenvalue weighted by Gasteiger charge is -2.19. The van der Waals surface area contributed by atoms with Gasteiger partial charge >= 0.3 is 5.97 Å². The molecule has 0 spiro atoms. The number of amides is 1. The van der Waals surface area contributed by atoms with E-state index in [9.17, 15) is 14.4 Å². The molecule has 2 rings (SSSR count). The molecule has 0 bridgehead atoms. The summed E-state index contributed by atoms with van der Waals surface area (Å²) in [6.07, 6.45) is 2.48. The monoisotopic (exact) mass is 449 g/mol. The Morgan fingerprint density at radius 1 is 1.32 bits per heavy atom. The lowest BCUT2D eigenvalue weighted by Crippen LogP contribution is -2.27. The first-order valence-corrected chi connectivity index (χ1v) is 9.64. The average molecular weight is 450 g/mol. The Labute approximate surface area is 172 Å². The van der Waals surface area contributed by atoms with Crippen molar-refractivity contribution in [2.75, 3.05) is 5.32 Å². The SMILES string of the molecule is C=CCCC(=O)Nc1cc(Br)cc2c(C(C)=O)nn(CC(=O)OC(C)(C)C)c12. The van der Waals surface area contributed by atoms with Crippen LogP contribution >= 0.6 is 15.9 Å². The minimum absolute atomic E-state index is 0.182. The number of ketones is 1. The highest BCUT2D eigenvalue weighted by atomic mass is 79.9. The molecule has 7 nitrogen and oxygen atoms in total. The van der Waals surface area contributed by atoms with E-state index < -0.39 is 11.6 Å². The van der Waals surface area contributed by atoms with Gasteiger partial charge in [0.2, 0.25) is 5.91 Å². The second kappa shape index (κ2) is 8.68. The molecule has 0 fully saturated rings. The number of carbonyl (C=O) groups excluding carboxylic acids is 3. The van der Waals surface area contributed by atoms with Crippen LogP contribution in [0, 0.1) is 0 Å². The molecule has 0 aliphatic rings. The number of benzene rings is 1. The lowest BCUT2D eigenvalue weighted by molar-refractivity contribution is -0.155. The first kappa shape index (κ1) is 21.8. The maximum absolute atomic E-state index is 12.3. The third-order valence-electron chi connectivity index (χ3n) is 3.69. The largest absolute Gasteiger partial charge is 0.459 e. The number of esters is 1. The van der Waals surface area contributed by atoms with Crippen molar-refractivity contribution < 1.29 is 19.1 Å². The number of nitrogens with one attached hydrogen (secondary N) is 1. The van der Waals surface area contributed by atoms with E-state index in [1.54, 1.807) is 39.0 Å². The highest BCUT2D eigenvalue weighted by molar-refractivity contribution is 9.10. The van der Waals surface area contributed by atoms with Crippen molar-refractivity contribution in [3.63, 3.8) is 0 Å². The lowest BCUT2D eigenvalue weighted by atomic mass is 10.1. The van der Waals surface area contributed by atoms with Gasteiger partial charge < -0.3 is 10.1 Å². The van der Waals surface area contributed by atoms with Crippen LogP contribution in [-0.2, 0) is 20.9 Å². The fourth-order valence-corrected chi connectivity index (χ4v) is 3.15. The Morgan fingerprint density at radius 2 is 2.00 bits per heavy atom. The summed E-state index contributed by atoms with van der Waals surface area (Å²) in [6, 6.07) is 3.45. The molecule has 1 amide bonds. The van der Waals surface area contributed by atoms with Gasteiger partial charge in [0.15, 0.2) is 5.78 Å². The molecular formula is C20H24BrN3O4. The minimum Gasteiger partial charge on any atom is -0.459 e. The number of nitrogens with zero attached hydrogens (tertiary/aromatic N) is 2. The third-order valence-corrected chi connectivity index (χ3v) is 4.15. The van der Waals surface area contributed by atoms with E-state index >= 15 is 0 Å². The number of rotatable bonds is 7. The third kappa shape index (κ3) is 5.51. The smallest absolute Gasteiger partial charge is 0.328 e. The van der Waals surface area contributed by atoms with Gasteiger partial charge in [-0.2, -0.15) is 5.10 Å². The average Bonchev–Trinajstić information content (AvgIpc) is 2.89. The molecule has 0 aliphatic heterocycles. The zero-order valence-corrected chi connectivity index (χ0v) is 18.1. The maximum Gasteiger partial charge on any atom is 0.328 e. The fraction of sp³-hybridized carbons (Fsp3) is 0.400. The van der Waals surface area contributed by atoms with Gasteiger partial charge in [0.05, 0.1) is 11.2 Å². The van der Waals surface area contributed by atoms with Crippen molar-refractivity contribution in [1.29, 1.82) is 0 Å². The van der Waals surface area contributed by atoms with Crippen molar-refractivity contribution in [3.05, 3.63) is 35.0 Å². The van der Waals surface area contributed by atoms with E-state index in [-0.39, 0.29) is 30.3 Å². The zero-order valence-electron chi connectivity index (χ0n) is 16.5. The van der Waals surface area contributed by atoms with Crippen LogP contribution in [0.15, 0.2) is 29.3 Å². The first-order chi connectivity index (χ1) is 13.0. The number of hydrogen-bond donors (Lipinski definition) is 1. The molecule has 150 valence electrons. The molecule has 0 atom stereocenters. The van der Waals surface area contributed by atoms with E-state index in [0.29, 0.717) is 27.5 Å². The normalized spacial score (nSPS) is 11.3. The quantitative estimate of drug-likeness (QED) is 0.387.